The number of hydrogen-bond acceptors (Lipinski definition) is 3. The molecular weight excluding hydrogens is 272 g/mol. The number of nitriles is 1. The van der Waals surface area contributed by atoms with E-state index in [0.29, 0.717) is 17.1 Å². The molecule has 1 saturated carbocycles. The molecule has 108 valence electrons. The van der Waals surface area contributed by atoms with Crippen LogP contribution >= 0.6 is 11.6 Å². The van der Waals surface area contributed by atoms with E-state index in [1.165, 1.54) is 6.42 Å². The van der Waals surface area contributed by atoms with Crippen molar-refractivity contribution in [2.24, 2.45) is 5.92 Å². The monoisotopic (exact) mass is 292 g/mol. The Morgan fingerprint density at radius 2 is 2.15 bits per heavy atom. The summed E-state index contributed by atoms with van der Waals surface area (Å²) < 4.78 is 0. The molecule has 0 amide bonds. The summed E-state index contributed by atoms with van der Waals surface area (Å²) in [4.78, 5) is 0. The Balaban J connectivity index is 1.94. The number of halogens is 1. The summed E-state index contributed by atoms with van der Waals surface area (Å²) in [7, 11) is 0. The lowest BCUT2D eigenvalue weighted by molar-refractivity contribution is 0.00230. The van der Waals surface area contributed by atoms with Crippen molar-refractivity contribution in [1.29, 1.82) is 5.26 Å². The van der Waals surface area contributed by atoms with Crippen LogP contribution in [0.5, 0.6) is 0 Å². The summed E-state index contributed by atoms with van der Waals surface area (Å²) in [5.74, 6) is 0.758. The summed E-state index contributed by atoms with van der Waals surface area (Å²) in [6, 6.07) is 7.22. The van der Waals surface area contributed by atoms with Gasteiger partial charge in [-0.1, -0.05) is 24.9 Å². The van der Waals surface area contributed by atoms with Crippen molar-refractivity contribution in [1.82, 2.24) is 0 Å². The Bertz CT molecular complexity index is 502. The molecule has 20 heavy (non-hydrogen) atoms. The summed E-state index contributed by atoms with van der Waals surface area (Å²) in [5.41, 5.74) is 0.683. The van der Waals surface area contributed by atoms with Gasteiger partial charge < -0.3 is 10.4 Å². The maximum atomic E-state index is 10.6. The van der Waals surface area contributed by atoms with Crippen molar-refractivity contribution in [3.8, 4) is 6.07 Å². The van der Waals surface area contributed by atoms with E-state index >= 15 is 0 Å². The molecule has 1 aromatic carbocycles. The summed E-state index contributed by atoms with van der Waals surface area (Å²) >= 11 is 6.12. The van der Waals surface area contributed by atoms with Crippen molar-refractivity contribution in [2.75, 3.05) is 11.9 Å². The predicted octanol–water partition coefficient (Wildman–Crippen LogP) is 3.95. The first-order valence-electron chi connectivity index (χ1n) is 7.22. The van der Waals surface area contributed by atoms with Crippen LogP contribution in [0.4, 0.5) is 5.69 Å². The summed E-state index contributed by atoms with van der Waals surface area (Å²) in [6.45, 7) is 2.72. The van der Waals surface area contributed by atoms with Crippen molar-refractivity contribution in [3.05, 3.63) is 28.8 Å². The van der Waals surface area contributed by atoms with Gasteiger partial charge in [-0.2, -0.15) is 5.26 Å². The van der Waals surface area contributed by atoms with Gasteiger partial charge in [0.1, 0.15) is 0 Å². The zero-order chi connectivity index (χ0) is 14.6. The number of benzene rings is 1. The van der Waals surface area contributed by atoms with Crippen LogP contribution in [0.25, 0.3) is 0 Å². The van der Waals surface area contributed by atoms with Gasteiger partial charge in [-0.05, 0) is 49.8 Å². The van der Waals surface area contributed by atoms with Crippen LogP contribution in [0.15, 0.2) is 18.2 Å². The van der Waals surface area contributed by atoms with Crippen LogP contribution in [-0.4, -0.2) is 17.3 Å². The Hall–Kier alpha value is -1.24. The second-order valence-corrected chi connectivity index (χ2v) is 6.14. The van der Waals surface area contributed by atoms with E-state index in [-0.39, 0.29) is 0 Å². The molecule has 1 aromatic rings. The normalized spacial score (nSPS) is 26.0. The van der Waals surface area contributed by atoms with E-state index in [1.54, 1.807) is 18.2 Å². The van der Waals surface area contributed by atoms with E-state index in [1.807, 2.05) is 0 Å². The Morgan fingerprint density at radius 1 is 1.45 bits per heavy atom. The quantitative estimate of drug-likeness (QED) is 0.883. The van der Waals surface area contributed by atoms with Gasteiger partial charge in [0.15, 0.2) is 0 Å². The molecular formula is C16H21ClN2O. The molecule has 0 radical (unpaired) electrons. The average molecular weight is 293 g/mol. The molecule has 0 bridgehead atoms. The van der Waals surface area contributed by atoms with Crippen LogP contribution in [0.3, 0.4) is 0 Å². The minimum Gasteiger partial charge on any atom is -0.388 e. The molecule has 0 unspecified atom stereocenters. The molecule has 1 fully saturated rings. The smallest absolute Gasteiger partial charge is 0.0992 e. The first kappa shape index (κ1) is 15.2. The molecule has 0 heterocycles. The highest BCUT2D eigenvalue weighted by atomic mass is 35.5. The van der Waals surface area contributed by atoms with E-state index in [4.69, 9.17) is 16.9 Å². The molecule has 0 atom stereocenters. The van der Waals surface area contributed by atoms with Crippen LogP contribution < -0.4 is 5.32 Å². The van der Waals surface area contributed by atoms with Gasteiger partial charge in [0.25, 0.3) is 0 Å². The molecule has 2 rings (SSSR count). The van der Waals surface area contributed by atoms with Gasteiger partial charge in [0.2, 0.25) is 0 Å². The van der Waals surface area contributed by atoms with Gasteiger partial charge in [-0.3, -0.25) is 0 Å². The predicted molar refractivity (Wildman–Crippen MR) is 81.9 cm³/mol. The lowest BCUT2D eigenvalue weighted by atomic mass is 9.78. The largest absolute Gasteiger partial charge is 0.388 e. The molecule has 1 aliphatic carbocycles. The number of anilines is 1. The second-order valence-electron chi connectivity index (χ2n) is 5.74. The molecule has 1 aliphatic rings. The highest BCUT2D eigenvalue weighted by Crippen LogP contribution is 2.34. The van der Waals surface area contributed by atoms with E-state index in [9.17, 15) is 5.11 Å². The third-order valence-electron chi connectivity index (χ3n) is 4.32. The highest BCUT2D eigenvalue weighted by molar-refractivity contribution is 6.33. The molecule has 3 nitrogen and oxygen atoms in total. The number of nitrogens with one attached hydrogen (secondary N) is 1. The van der Waals surface area contributed by atoms with Crippen LogP contribution in [0.2, 0.25) is 5.02 Å². The topological polar surface area (TPSA) is 56.0 Å². The highest BCUT2D eigenvalue weighted by Gasteiger charge is 2.32. The van der Waals surface area contributed by atoms with Crippen molar-refractivity contribution in [2.45, 2.75) is 44.6 Å². The van der Waals surface area contributed by atoms with Gasteiger partial charge in [0, 0.05) is 6.54 Å². The van der Waals surface area contributed by atoms with Gasteiger partial charge in [-0.25, -0.2) is 0 Å². The average Bonchev–Trinajstić information content (AvgIpc) is 2.47. The Kier molecular flexibility index (Phi) is 4.91. The van der Waals surface area contributed by atoms with Gasteiger partial charge in [-0.15, -0.1) is 0 Å². The number of aliphatic hydroxyl groups is 1. The third-order valence-corrected chi connectivity index (χ3v) is 4.63. The summed E-state index contributed by atoms with van der Waals surface area (Å²) in [5, 5.41) is 23.1. The minimum absolute atomic E-state index is 0.509. The lowest BCUT2D eigenvalue weighted by Gasteiger charge is -2.36. The maximum Gasteiger partial charge on any atom is 0.0992 e. The number of rotatable bonds is 4. The minimum atomic E-state index is -0.636. The standard InChI is InChI=1S/C16H21ClN2O/c1-2-12-5-7-16(20,8-6-12)11-19-15-4-3-13(10-18)9-14(15)17/h3-4,9,12,19-20H,2,5-8,11H2,1H3. The molecule has 0 aliphatic heterocycles. The van der Waals surface area contributed by atoms with Crippen LogP contribution in [0.1, 0.15) is 44.6 Å². The lowest BCUT2D eigenvalue weighted by Crippen LogP contribution is -2.40. The Morgan fingerprint density at radius 3 is 2.70 bits per heavy atom. The van der Waals surface area contributed by atoms with Gasteiger partial charge in [0.05, 0.1) is 27.9 Å². The third kappa shape index (κ3) is 3.65. The SMILES string of the molecule is CCC1CCC(O)(CNc2ccc(C#N)cc2Cl)CC1. The summed E-state index contributed by atoms with van der Waals surface area (Å²) in [6.07, 6.45) is 5.06. The molecule has 0 aromatic heterocycles. The number of nitrogens with zero attached hydrogens (tertiary/aromatic N) is 1. The molecule has 2 N–H and O–H groups in total. The first-order chi connectivity index (χ1) is 9.56. The van der Waals surface area contributed by atoms with Crippen LogP contribution in [0, 0.1) is 17.2 Å². The Labute approximate surface area is 125 Å². The van der Waals surface area contributed by atoms with Crippen LogP contribution in [-0.2, 0) is 0 Å². The first-order valence-corrected chi connectivity index (χ1v) is 7.60. The second kappa shape index (κ2) is 6.47. The number of hydrogen-bond donors (Lipinski definition) is 2. The zero-order valence-electron chi connectivity index (χ0n) is 11.8. The van der Waals surface area contributed by atoms with Crippen molar-refractivity contribution >= 4 is 17.3 Å². The molecule has 0 saturated heterocycles. The molecule has 4 heteroatoms. The van der Waals surface area contributed by atoms with Crippen molar-refractivity contribution in [3.63, 3.8) is 0 Å². The van der Waals surface area contributed by atoms with E-state index < -0.39 is 5.60 Å². The maximum absolute atomic E-state index is 10.6. The fraction of sp³-hybridized carbons (Fsp3) is 0.562. The fourth-order valence-electron chi connectivity index (χ4n) is 2.79. The van der Waals surface area contributed by atoms with Gasteiger partial charge >= 0.3 is 0 Å². The van der Waals surface area contributed by atoms with E-state index in [0.717, 1.165) is 37.3 Å². The van der Waals surface area contributed by atoms with Crippen molar-refractivity contribution < 1.29 is 5.11 Å². The molecule has 0 spiro atoms. The zero-order valence-corrected chi connectivity index (χ0v) is 12.6. The fourth-order valence-corrected chi connectivity index (χ4v) is 3.04. The van der Waals surface area contributed by atoms with E-state index in [2.05, 4.69) is 18.3 Å².